The van der Waals surface area contributed by atoms with Crippen molar-refractivity contribution < 1.29 is 15.0 Å². The summed E-state index contributed by atoms with van der Waals surface area (Å²) in [5.74, 6) is -0.666. The highest BCUT2D eigenvalue weighted by atomic mass is 16.4. The Bertz CT molecular complexity index is 190. The lowest BCUT2D eigenvalue weighted by molar-refractivity contribution is -0.154. The van der Waals surface area contributed by atoms with Gasteiger partial charge < -0.3 is 10.2 Å². The van der Waals surface area contributed by atoms with Crippen LogP contribution in [0.1, 0.15) is 33.1 Å². The highest BCUT2D eigenvalue weighted by molar-refractivity contribution is 5.74. The first kappa shape index (κ1) is 9.52. The Kier molecular flexibility index (Phi) is 2.42. The Hall–Kier alpha value is -0.570. The molecule has 0 aromatic carbocycles. The predicted octanol–water partition coefficient (Wildman–Crippen LogP) is 1.26. The maximum atomic E-state index is 10.9. The third-order valence-corrected chi connectivity index (χ3v) is 3.20. The van der Waals surface area contributed by atoms with Gasteiger partial charge >= 0.3 is 5.97 Å². The van der Waals surface area contributed by atoms with E-state index in [0.717, 1.165) is 0 Å². The van der Waals surface area contributed by atoms with Gasteiger partial charge in [-0.3, -0.25) is 4.79 Å². The number of hydrogen-bond donors (Lipinski definition) is 2. The smallest absolute Gasteiger partial charge is 0.309 e. The number of carbonyl (C=O) groups is 1. The van der Waals surface area contributed by atoms with Crippen LogP contribution in [0.15, 0.2) is 0 Å². The normalized spacial score (nSPS) is 42.6. The van der Waals surface area contributed by atoms with Crippen molar-refractivity contribution in [1.82, 2.24) is 0 Å². The van der Waals surface area contributed by atoms with Crippen molar-refractivity contribution in [3.8, 4) is 0 Å². The van der Waals surface area contributed by atoms with Gasteiger partial charge in [0.25, 0.3) is 0 Å². The second kappa shape index (κ2) is 3.05. The summed E-state index contributed by atoms with van der Waals surface area (Å²) < 4.78 is 0. The Morgan fingerprint density at radius 1 is 1.58 bits per heavy atom. The first-order valence-corrected chi connectivity index (χ1v) is 4.38. The molecule has 3 unspecified atom stereocenters. The van der Waals surface area contributed by atoms with Crippen molar-refractivity contribution in [3.63, 3.8) is 0 Å². The zero-order chi connectivity index (χ0) is 9.35. The Morgan fingerprint density at radius 3 is 2.58 bits per heavy atom. The standard InChI is InChI=1S/C9H16O3/c1-6-5-7(10)3-4-9(6,2)8(11)12/h6-7,10H,3-5H2,1-2H3,(H,11,12). The molecule has 0 saturated heterocycles. The molecule has 0 amide bonds. The molecule has 0 aromatic heterocycles. The van der Waals surface area contributed by atoms with Crippen molar-refractivity contribution in [2.45, 2.75) is 39.2 Å². The van der Waals surface area contributed by atoms with Gasteiger partial charge in [0.05, 0.1) is 11.5 Å². The van der Waals surface area contributed by atoms with Crippen LogP contribution in [-0.2, 0) is 4.79 Å². The summed E-state index contributed by atoms with van der Waals surface area (Å²) in [5.41, 5.74) is -0.626. The number of aliphatic hydroxyl groups excluding tert-OH is 1. The first-order chi connectivity index (χ1) is 5.47. The minimum absolute atomic E-state index is 0.0683. The van der Waals surface area contributed by atoms with Gasteiger partial charge in [0.15, 0.2) is 0 Å². The van der Waals surface area contributed by atoms with Crippen LogP contribution in [0.3, 0.4) is 0 Å². The van der Waals surface area contributed by atoms with E-state index >= 15 is 0 Å². The van der Waals surface area contributed by atoms with E-state index < -0.39 is 11.4 Å². The fourth-order valence-corrected chi connectivity index (χ4v) is 1.82. The van der Waals surface area contributed by atoms with Gasteiger partial charge in [0.2, 0.25) is 0 Å². The van der Waals surface area contributed by atoms with Crippen molar-refractivity contribution >= 4 is 5.97 Å². The lowest BCUT2D eigenvalue weighted by Gasteiger charge is -2.37. The van der Waals surface area contributed by atoms with Gasteiger partial charge in [-0.1, -0.05) is 6.92 Å². The predicted molar refractivity (Wildman–Crippen MR) is 44.8 cm³/mol. The second-order valence-corrected chi connectivity index (χ2v) is 4.05. The van der Waals surface area contributed by atoms with Crippen LogP contribution in [0.5, 0.6) is 0 Å². The average Bonchev–Trinajstić information content (AvgIpc) is 1.97. The molecule has 12 heavy (non-hydrogen) atoms. The molecular weight excluding hydrogens is 156 g/mol. The summed E-state index contributed by atoms with van der Waals surface area (Å²) in [4.78, 5) is 10.9. The largest absolute Gasteiger partial charge is 0.481 e. The summed E-state index contributed by atoms with van der Waals surface area (Å²) in [6, 6.07) is 0. The zero-order valence-corrected chi connectivity index (χ0v) is 7.58. The van der Waals surface area contributed by atoms with Gasteiger partial charge in [-0.15, -0.1) is 0 Å². The van der Waals surface area contributed by atoms with Crippen LogP contribution in [0, 0.1) is 11.3 Å². The number of rotatable bonds is 1. The number of carboxylic acids is 1. The number of hydrogen-bond acceptors (Lipinski definition) is 2. The minimum Gasteiger partial charge on any atom is -0.481 e. The molecule has 1 rings (SSSR count). The van der Waals surface area contributed by atoms with E-state index in [-0.39, 0.29) is 12.0 Å². The molecule has 1 saturated carbocycles. The molecule has 0 aliphatic heterocycles. The van der Waals surface area contributed by atoms with Gasteiger partial charge in [-0.2, -0.15) is 0 Å². The fraction of sp³-hybridized carbons (Fsp3) is 0.889. The number of carboxylic acid groups (broad SMARTS) is 1. The van der Waals surface area contributed by atoms with Crippen LogP contribution in [0.4, 0.5) is 0 Å². The monoisotopic (exact) mass is 172 g/mol. The molecule has 0 spiro atoms. The summed E-state index contributed by atoms with van der Waals surface area (Å²) in [6.07, 6.45) is 1.52. The number of aliphatic hydroxyl groups is 1. The van der Waals surface area contributed by atoms with E-state index in [0.29, 0.717) is 19.3 Å². The minimum atomic E-state index is -0.734. The molecule has 0 heterocycles. The molecule has 0 aromatic rings. The lowest BCUT2D eigenvalue weighted by Crippen LogP contribution is -2.40. The molecule has 0 bridgehead atoms. The highest BCUT2D eigenvalue weighted by Crippen LogP contribution is 2.40. The van der Waals surface area contributed by atoms with Gasteiger partial charge in [0, 0.05) is 0 Å². The van der Waals surface area contributed by atoms with Gasteiger partial charge in [0.1, 0.15) is 0 Å². The van der Waals surface area contributed by atoms with Crippen LogP contribution in [0.25, 0.3) is 0 Å². The van der Waals surface area contributed by atoms with E-state index in [1.807, 2.05) is 6.92 Å². The van der Waals surface area contributed by atoms with E-state index in [9.17, 15) is 9.90 Å². The molecule has 3 atom stereocenters. The maximum Gasteiger partial charge on any atom is 0.309 e. The number of aliphatic carboxylic acids is 1. The molecule has 1 fully saturated rings. The molecule has 2 N–H and O–H groups in total. The third kappa shape index (κ3) is 1.46. The van der Waals surface area contributed by atoms with Crippen molar-refractivity contribution in [2.75, 3.05) is 0 Å². The van der Waals surface area contributed by atoms with Crippen molar-refractivity contribution in [3.05, 3.63) is 0 Å². The average molecular weight is 172 g/mol. The van der Waals surface area contributed by atoms with E-state index in [4.69, 9.17) is 5.11 Å². The summed E-state index contributed by atoms with van der Waals surface area (Å²) >= 11 is 0. The molecule has 0 radical (unpaired) electrons. The quantitative estimate of drug-likeness (QED) is 0.626. The first-order valence-electron chi connectivity index (χ1n) is 4.38. The Balaban J connectivity index is 2.72. The van der Waals surface area contributed by atoms with E-state index in [1.165, 1.54) is 0 Å². The SMILES string of the molecule is CC1CC(O)CCC1(C)C(=O)O. The third-order valence-electron chi connectivity index (χ3n) is 3.20. The van der Waals surface area contributed by atoms with E-state index in [2.05, 4.69) is 0 Å². The highest BCUT2D eigenvalue weighted by Gasteiger charge is 2.42. The van der Waals surface area contributed by atoms with E-state index in [1.54, 1.807) is 6.92 Å². The molecule has 3 nitrogen and oxygen atoms in total. The van der Waals surface area contributed by atoms with Gasteiger partial charge in [-0.05, 0) is 32.1 Å². The fourth-order valence-electron chi connectivity index (χ4n) is 1.82. The molecule has 1 aliphatic rings. The molecular formula is C9H16O3. The Morgan fingerprint density at radius 2 is 2.17 bits per heavy atom. The summed E-state index contributed by atoms with van der Waals surface area (Å²) in [5, 5.41) is 18.3. The van der Waals surface area contributed by atoms with Crippen molar-refractivity contribution in [1.29, 1.82) is 0 Å². The maximum absolute atomic E-state index is 10.9. The topological polar surface area (TPSA) is 57.5 Å². The lowest BCUT2D eigenvalue weighted by atomic mass is 9.67. The zero-order valence-electron chi connectivity index (χ0n) is 7.58. The second-order valence-electron chi connectivity index (χ2n) is 4.05. The van der Waals surface area contributed by atoms with Crippen LogP contribution in [0.2, 0.25) is 0 Å². The van der Waals surface area contributed by atoms with Crippen LogP contribution < -0.4 is 0 Å². The van der Waals surface area contributed by atoms with Gasteiger partial charge in [-0.25, -0.2) is 0 Å². The van der Waals surface area contributed by atoms with Crippen LogP contribution in [-0.4, -0.2) is 22.3 Å². The van der Waals surface area contributed by atoms with Crippen LogP contribution >= 0.6 is 0 Å². The molecule has 3 heteroatoms. The summed E-state index contributed by atoms with van der Waals surface area (Å²) in [6.45, 7) is 3.67. The molecule has 1 aliphatic carbocycles. The van der Waals surface area contributed by atoms with Crippen molar-refractivity contribution in [2.24, 2.45) is 11.3 Å². The molecule has 70 valence electrons. The summed E-state index contributed by atoms with van der Waals surface area (Å²) in [7, 11) is 0. The Labute approximate surface area is 72.4 Å².